The number of hydrogen-bond donors (Lipinski definition) is 6. The smallest absolute Gasteiger partial charge is 0.326 e. The van der Waals surface area contributed by atoms with Crippen molar-refractivity contribution in [2.24, 2.45) is 11.7 Å². The number of nitrogens with two attached hydrogens (primary N) is 1. The number of nitrogens with zero attached hydrogens (tertiary/aromatic N) is 1. The van der Waals surface area contributed by atoms with Gasteiger partial charge in [-0.3, -0.25) is 14.4 Å². The van der Waals surface area contributed by atoms with Crippen LogP contribution in [0.1, 0.15) is 38.4 Å². The van der Waals surface area contributed by atoms with Gasteiger partial charge in [0, 0.05) is 18.3 Å². The van der Waals surface area contributed by atoms with Crippen molar-refractivity contribution in [3.05, 3.63) is 54.1 Å². The van der Waals surface area contributed by atoms with Crippen LogP contribution < -0.4 is 21.7 Å². The number of aromatic nitrogens is 2. The molecule has 0 aliphatic rings. The Morgan fingerprint density at radius 3 is 2.17 bits per heavy atom. The van der Waals surface area contributed by atoms with E-state index in [1.54, 1.807) is 0 Å². The fraction of sp³-hybridized carbons (Fsp3) is 0.458. The van der Waals surface area contributed by atoms with Crippen molar-refractivity contribution in [2.45, 2.75) is 64.2 Å². The van der Waals surface area contributed by atoms with Crippen LogP contribution in [0.5, 0.6) is 0 Å². The molecule has 11 heteroatoms. The highest BCUT2D eigenvalue weighted by molar-refractivity contribution is 5.94. The molecular formula is C24H34N6O5. The summed E-state index contributed by atoms with van der Waals surface area (Å²) >= 11 is 0. The Kier molecular flexibility index (Phi) is 10.4. The number of H-pyrrole nitrogens is 1. The lowest BCUT2D eigenvalue weighted by Gasteiger charge is -2.24. The fourth-order valence-corrected chi connectivity index (χ4v) is 3.43. The Balaban J connectivity index is 1.97. The summed E-state index contributed by atoms with van der Waals surface area (Å²) < 4.78 is 0. The largest absolute Gasteiger partial charge is 0.480 e. The summed E-state index contributed by atoms with van der Waals surface area (Å²) in [6.07, 6.45) is 3.49. The topological polar surface area (TPSA) is 179 Å². The first-order valence-corrected chi connectivity index (χ1v) is 11.5. The summed E-state index contributed by atoms with van der Waals surface area (Å²) in [4.78, 5) is 56.4. The van der Waals surface area contributed by atoms with Gasteiger partial charge in [-0.15, -0.1) is 0 Å². The first-order chi connectivity index (χ1) is 16.6. The highest BCUT2D eigenvalue weighted by Gasteiger charge is 2.29. The normalized spacial score (nSPS) is 14.4. The van der Waals surface area contributed by atoms with Gasteiger partial charge in [-0.1, -0.05) is 44.2 Å². The molecule has 11 nitrogen and oxygen atoms in total. The van der Waals surface area contributed by atoms with E-state index in [4.69, 9.17) is 5.73 Å². The third kappa shape index (κ3) is 9.20. The molecule has 0 bridgehead atoms. The molecule has 2 aromatic rings. The second-order valence-corrected chi connectivity index (χ2v) is 8.90. The van der Waals surface area contributed by atoms with Crippen molar-refractivity contribution >= 4 is 23.7 Å². The molecule has 0 saturated carbocycles. The van der Waals surface area contributed by atoms with Crippen LogP contribution in [0.25, 0.3) is 0 Å². The number of imidazole rings is 1. The molecule has 0 saturated heterocycles. The molecule has 1 aromatic carbocycles. The van der Waals surface area contributed by atoms with E-state index in [0.29, 0.717) is 12.1 Å². The van der Waals surface area contributed by atoms with Crippen LogP contribution in [0.15, 0.2) is 42.9 Å². The molecule has 7 N–H and O–H groups in total. The first kappa shape index (κ1) is 27.5. The molecule has 1 heterocycles. The zero-order chi connectivity index (χ0) is 26.0. The van der Waals surface area contributed by atoms with Gasteiger partial charge in [0.05, 0.1) is 12.4 Å². The van der Waals surface area contributed by atoms with E-state index >= 15 is 0 Å². The van der Waals surface area contributed by atoms with Crippen LogP contribution in [0.4, 0.5) is 0 Å². The third-order valence-corrected chi connectivity index (χ3v) is 5.32. The van der Waals surface area contributed by atoms with Gasteiger partial charge in [-0.05, 0) is 31.2 Å². The number of benzene rings is 1. The van der Waals surface area contributed by atoms with Gasteiger partial charge in [0.15, 0.2) is 0 Å². The predicted molar refractivity (Wildman–Crippen MR) is 129 cm³/mol. The Morgan fingerprint density at radius 1 is 0.943 bits per heavy atom. The summed E-state index contributed by atoms with van der Waals surface area (Å²) in [7, 11) is 0. The van der Waals surface area contributed by atoms with E-state index < -0.39 is 47.9 Å². The van der Waals surface area contributed by atoms with Gasteiger partial charge in [0.1, 0.15) is 18.1 Å². The fourth-order valence-electron chi connectivity index (χ4n) is 3.43. The lowest BCUT2D eigenvalue weighted by atomic mass is 10.0. The monoisotopic (exact) mass is 486 g/mol. The quantitative estimate of drug-likeness (QED) is 0.233. The average Bonchev–Trinajstić information content (AvgIpc) is 3.31. The highest BCUT2D eigenvalue weighted by Crippen LogP contribution is 2.08. The maximum atomic E-state index is 12.9. The summed E-state index contributed by atoms with van der Waals surface area (Å²) in [5, 5.41) is 17.2. The minimum absolute atomic E-state index is 0.00911. The number of aromatic amines is 1. The van der Waals surface area contributed by atoms with E-state index in [1.165, 1.54) is 19.4 Å². The maximum Gasteiger partial charge on any atom is 0.326 e. The van der Waals surface area contributed by atoms with Gasteiger partial charge in [0.25, 0.3) is 0 Å². The number of nitrogens with one attached hydrogen (secondary N) is 4. The second-order valence-electron chi connectivity index (χ2n) is 8.90. The van der Waals surface area contributed by atoms with Crippen LogP contribution in [0.2, 0.25) is 0 Å². The molecule has 4 unspecified atom stereocenters. The SMILES string of the molecule is CC(C)CC(NC(=O)C(C)NC(=O)C(N)Cc1ccccc1)C(=O)NC(Cc1cnc[nH]1)C(=O)O. The molecule has 2 rings (SSSR count). The predicted octanol–water partition coefficient (Wildman–Crippen LogP) is 0.127. The lowest BCUT2D eigenvalue weighted by Crippen LogP contribution is -2.57. The van der Waals surface area contributed by atoms with Crippen LogP contribution in [0.3, 0.4) is 0 Å². The van der Waals surface area contributed by atoms with Crippen molar-refractivity contribution in [1.82, 2.24) is 25.9 Å². The van der Waals surface area contributed by atoms with E-state index in [2.05, 4.69) is 25.9 Å². The minimum atomic E-state index is -1.21. The second kappa shape index (κ2) is 13.2. The molecule has 0 fully saturated rings. The summed E-state index contributed by atoms with van der Waals surface area (Å²) in [5.41, 5.74) is 7.42. The lowest BCUT2D eigenvalue weighted by molar-refractivity contribution is -0.142. The number of carboxylic acid groups (broad SMARTS) is 1. The Hall–Kier alpha value is -3.73. The van der Waals surface area contributed by atoms with Crippen molar-refractivity contribution in [3.63, 3.8) is 0 Å². The summed E-state index contributed by atoms with van der Waals surface area (Å²) in [6, 6.07) is 5.28. The number of carboxylic acids is 1. The number of carbonyl (C=O) groups is 4. The summed E-state index contributed by atoms with van der Waals surface area (Å²) in [5.74, 6) is -2.88. The van der Waals surface area contributed by atoms with Crippen molar-refractivity contribution in [2.75, 3.05) is 0 Å². The molecule has 0 radical (unpaired) electrons. The standard InChI is InChI=1S/C24H34N6O5/c1-14(2)9-19(23(33)30-20(24(34)35)11-17-12-26-13-27-17)29-21(31)15(3)28-22(32)18(25)10-16-7-5-4-6-8-16/h4-8,12-15,18-20H,9-11,25H2,1-3H3,(H,26,27)(H,28,32)(H,29,31)(H,30,33)(H,34,35). The Bertz CT molecular complexity index is 980. The molecule has 0 spiro atoms. The number of hydrogen-bond acceptors (Lipinski definition) is 6. The molecule has 35 heavy (non-hydrogen) atoms. The van der Waals surface area contributed by atoms with Crippen LogP contribution in [-0.2, 0) is 32.0 Å². The molecule has 4 atom stereocenters. The molecule has 190 valence electrons. The molecule has 0 aliphatic heterocycles. The van der Waals surface area contributed by atoms with Crippen LogP contribution >= 0.6 is 0 Å². The van der Waals surface area contributed by atoms with Gasteiger partial charge in [-0.25, -0.2) is 9.78 Å². The minimum Gasteiger partial charge on any atom is -0.480 e. The van der Waals surface area contributed by atoms with E-state index in [1.807, 2.05) is 44.2 Å². The van der Waals surface area contributed by atoms with Crippen LogP contribution in [0, 0.1) is 5.92 Å². The van der Waals surface area contributed by atoms with Crippen LogP contribution in [-0.4, -0.2) is 62.9 Å². The zero-order valence-electron chi connectivity index (χ0n) is 20.2. The van der Waals surface area contributed by atoms with E-state index in [0.717, 1.165) is 5.56 Å². The first-order valence-electron chi connectivity index (χ1n) is 11.5. The number of rotatable bonds is 13. The molecule has 3 amide bonds. The number of amides is 3. The zero-order valence-corrected chi connectivity index (χ0v) is 20.2. The van der Waals surface area contributed by atoms with Gasteiger partial charge < -0.3 is 31.8 Å². The van der Waals surface area contributed by atoms with E-state index in [9.17, 15) is 24.3 Å². The number of aliphatic carboxylic acids is 1. The van der Waals surface area contributed by atoms with Gasteiger partial charge >= 0.3 is 5.97 Å². The molecular weight excluding hydrogens is 452 g/mol. The molecule has 1 aromatic heterocycles. The van der Waals surface area contributed by atoms with Crippen molar-refractivity contribution < 1.29 is 24.3 Å². The highest BCUT2D eigenvalue weighted by atomic mass is 16.4. The average molecular weight is 487 g/mol. The summed E-state index contributed by atoms with van der Waals surface area (Å²) in [6.45, 7) is 5.24. The van der Waals surface area contributed by atoms with E-state index in [-0.39, 0.29) is 18.8 Å². The van der Waals surface area contributed by atoms with Crippen molar-refractivity contribution in [3.8, 4) is 0 Å². The Labute approximate surface area is 204 Å². The number of carbonyl (C=O) groups excluding carboxylic acids is 3. The van der Waals surface area contributed by atoms with Gasteiger partial charge in [0.2, 0.25) is 17.7 Å². The maximum absolute atomic E-state index is 12.9. The van der Waals surface area contributed by atoms with Crippen molar-refractivity contribution in [1.29, 1.82) is 0 Å². The van der Waals surface area contributed by atoms with Gasteiger partial charge in [-0.2, -0.15) is 0 Å². The third-order valence-electron chi connectivity index (χ3n) is 5.32. The molecule has 0 aliphatic carbocycles. The Morgan fingerprint density at radius 2 is 1.60 bits per heavy atom.